The Morgan fingerprint density at radius 3 is 2.58 bits per heavy atom. The molecule has 0 radical (unpaired) electrons. The van der Waals surface area contributed by atoms with Gasteiger partial charge in [0.2, 0.25) is 5.91 Å². The number of carbonyl (C=O) groups is 1. The molecule has 2 rings (SSSR count). The number of carbonyl (C=O) groups excluding carboxylic acids is 1. The number of aromatic nitrogens is 1. The summed E-state index contributed by atoms with van der Waals surface area (Å²) in [5, 5.41) is 10.3. The standard InChI is InChI=1S/C19H24N2O2S/c1-19(2,3)18-20-13-16(24-18)9-10-17(23)21(11-12-22)14-15-7-5-4-6-8-15/h4-10,13,22H,11-12,14H2,1-3H3/b10-9+. The van der Waals surface area contributed by atoms with E-state index in [2.05, 4.69) is 25.8 Å². The van der Waals surface area contributed by atoms with Crippen LogP contribution in [-0.2, 0) is 16.8 Å². The largest absolute Gasteiger partial charge is 0.395 e. The van der Waals surface area contributed by atoms with Crippen molar-refractivity contribution in [3.05, 3.63) is 58.1 Å². The van der Waals surface area contributed by atoms with Crippen molar-refractivity contribution in [1.82, 2.24) is 9.88 Å². The molecule has 0 saturated carbocycles. The number of thiazole rings is 1. The summed E-state index contributed by atoms with van der Waals surface area (Å²) >= 11 is 1.59. The van der Waals surface area contributed by atoms with E-state index in [-0.39, 0.29) is 17.9 Å². The maximum absolute atomic E-state index is 12.4. The summed E-state index contributed by atoms with van der Waals surface area (Å²) in [6.07, 6.45) is 5.14. The lowest BCUT2D eigenvalue weighted by molar-refractivity contribution is -0.127. The van der Waals surface area contributed by atoms with Crippen molar-refractivity contribution in [2.45, 2.75) is 32.7 Å². The number of nitrogens with zero attached hydrogens (tertiary/aromatic N) is 2. The number of amides is 1. The molecule has 24 heavy (non-hydrogen) atoms. The van der Waals surface area contributed by atoms with Gasteiger partial charge < -0.3 is 10.0 Å². The molecule has 0 spiro atoms. The summed E-state index contributed by atoms with van der Waals surface area (Å²) in [5.74, 6) is -0.112. The molecule has 2 aromatic rings. The predicted octanol–water partition coefficient (Wildman–Crippen LogP) is 3.47. The van der Waals surface area contributed by atoms with Crippen molar-refractivity contribution in [2.24, 2.45) is 0 Å². The molecule has 1 aromatic carbocycles. The van der Waals surface area contributed by atoms with Crippen LogP contribution in [0.15, 0.2) is 42.6 Å². The third-order valence-electron chi connectivity index (χ3n) is 3.45. The van der Waals surface area contributed by atoms with Crippen LogP contribution in [0.2, 0.25) is 0 Å². The molecule has 0 aliphatic rings. The van der Waals surface area contributed by atoms with Crippen LogP contribution in [0.1, 0.15) is 36.2 Å². The van der Waals surface area contributed by atoms with Gasteiger partial charge in [0.05, 0.1) is 11.6 Å². The molecule has 0 fully saturated rings. The molecule has 128 valence electrons. The van der Waals surface area contributed by atoms with E-state index in [4.69, 9.17) is 0 Å². The normalized spacial score (nSPS) is 11.8. The fraction of sp³-hybridized carbons (Fsp3) is 0.368. The first kappa shape index (κ1) is 18.4. The van der Waals surface area contributed by atoms with Gasteiger partial charge >= 0.3 is 0 Å². The highest BCUT2D eigenvalue weighted by molar-refractivity contribution is 7.12. The molecule has 0 saturated heterocycles. The molecular formula is C19H24N2O2S. The second-order valence-electron chi connectivity index (χ2n) is 6.62. The molecule has 0 atom stereocenters. The molecule has 1 N–H and O–H groups in total. The van der Waals surface area contributed by atoms with Crippen LogP contribution < -0.4 is 0 Å². The monoisotopic (exact) mass is 344 g/mol. The van der Waals surface area contributed by atoms with Gasteiger partial charge in [-0.05, 0) is 11.6 Å². The molecule has 0 unspecified atom stereocenters. The van der Waals surface area contributed by atoms with Crippen molar-refractivity contribution in [3.63, 3.8) is 0 Å². The van der Waals surface area contributed by atoms with Crippen molar-refractivity contribution in [3.8, 4) is 0 Å². The van der Waals surface area contributed by atoms with Crippen molar-refractivity contribution in [2.75, 3.05) is 13.2 Å². The Balaban J connectivity index is 2.05. The summed E-state index contributed by atoms with van der Waals surface area (Å²) in [4.78, 5) is 19.4. The minimum absolute atomic E-state index is 0.0109. The maximum atomic E-state index is 12.4. The van der Waals surface area contributed by atoms with E-state index < -0.39 is 0 Å². The van der Waals surface area contributed by atoms with Gasteiger partial charge in [-0.3, -0.25) is 4.79 Å². The third kappa shape index (κ3) is 5.28. The van der Waals surface area contributed by atoms with Gasteiger partial charge in [0, 0.05) is 35.7 Å². The molecule has 1 amide bonds. The lowest BCUT2D eigenvalue weighted by atomic mass is 9.98. The Labute approximate surface area is 147 Å². The lowest BCUT2D eigenvalue weighted by Gasteiger charge is -2.20. The highest BCUT2D eigenvalue weighted by Gasteiger charge is 2.17. The summed E-state index contributed by atoms with van der Waals surface area (Å²) in [5.41, 5.74) is 1.05. The third-order valence-corrected chi connectivity index (χ3v) is 4.84. The summed E-state index contributed by atoms with van der Waals surface area (Å²) in [7, 11) is 0. The van der Waals surface area contributed by atoms with Gasteiger partial charge in [0.25, 0.3) is 0 Å². The van der Waals surface area contributed by atoms with Gasteiger partial charge in [0.15, 0.2) is 0 Å². The first-order chi connectivity index (χ1) is 11.4. The highest BCUT2D eigenvalue weighted by Crippen LogP contribution is 2.27. The van der Waals surface area contributed by atoms with Crippen molar-refractivity contribution in [1.29, 1.82) is 0 Å². The highest BCUT2D eigenvalue weighted by atomic mass is 32.1. The Hall–Kier alpha value is -1.98. The van der Waals surface area contributed by atoms with Gasteiger partial charge in [0.1, 0.15) is 0 Å². The van der Waals surface area contributed by atoms with Crippen LogP contribution in [-0.4, -0.2) is 34.0 Å². The maximum Gasteiger partial charge on any atom is 0.246 e. The van der Waals surface area contributed by atoms with Crippen LogP contribution in [0.25, 0.3) is 6.08 Å². The number of aliphatic hydroxyl groups is 1. The average Bonchev–Trinajstić information content (AvgIpc) is 3.02. The van der Waals surface area contributed by atoms with E-state index in [9.17, 15) is 9.90 Å². The molecule has 1 heterocycles. The van der Waals surface area contributed by atoms with Gasteiger partial charge in [-0.15, -0.1) is 11.3 Å². The Morgan fingerprint density at radius 1 is 1.29 bits per heavy atom. The molecule has 0 aliphatic heterocycles. The lowest BCUT2D eigenvalue weighted by Crippen LogP contribution is -2.31. The van der Waals surface area contributed by atoms with E-state index in [1.165, 1.54) is 0 Å². The van der Waals surface area contributed by atoms with Crippen LogP contribution >= 0.6 is 11.3 Å². The van der Waals surface area contributed by atoms with Crippen LogP contribution in [0, 0.1) is 0 Å². The van der Waals surface area contributed by atoms with E-state index in [1.54, 1.807) is 34.6 Å². The first-order valence-electron chi connectivity index (χ1n) is 7.98. The SMILES string of the molecule is CC(C)(C)c1ncc(/C=C/C(=O)N(CCO)Cc2ccccc2)s1. The van der Waals surface area contributed by atoms with Gasteiger partial charge in [-0.2, -0.15) is 0 Å². The molecule has 0 aliphatic carbocycles. The number of hydrogen-bond donors (Lipinski definition) is 1. The van der Waals surface area contributed by atoms with Crippen molar-refractivity contribution < 1.29 is 9.90 Å². The second kappa shape index (κ2) is 8.22. The Morgan fingerprint density at radius 2 is 2.00 bits per heavy atom. The molecular weight excluding hydrogens is 320 g/mol. The Kier molecular flexibility index (Phi) is 6.29. The topological polar surface area (TPSA) is 53.4 Å². The quantitative estimate of drug-likeness (QED) is 0.816. The summed E-state index contributed by atoms with van der Waals surface area (Å²) < 4.78 is 0. The number of hydrogen-bond acceptors (Lipinski definition) is 4. The zero-order valence-electron chi connectivity index (χ0n) is 14.4. The van der Waals surface area contributed by atoms with E-state index in [0.29, 0.717) is 13.1 Å². The van der Waals surface area contributed by atoms with E-state index in [0.717, 1.165) is 15.4 Å². The van der Waals surface area contributed by atoms with Crippen LogP contribution in [0.5, 0.6) is 0 Å². The zero-order chi connectivity index (χ0) is 17.6. The summed E-state index contributed by atoms with van der Waals surface area (Å²) in [6, 6.07) is 9.77. The second-order valence-corrected chi connectivity index (χ2v) is 7.68. The smallest absolute Gasteiger partial charge is 0.246 e. The minimum Gasteiger partial charge on any atom is -0.395 e. The van der Waals surface area contributed by atoms with E-state index >= 15 is 0 Å². The minimum atomic E-state index is -0.112. The molecule has 5 heteroatoms. The zero-order valence-corrected chi connectivity index (χ0v) is 15.2. The fourth-order valence-electron chi connectivity index (χ4n) is 2.16. The average molecular weight is 344 g/mol. The number of rotatable bonds is 6. The van der Waals surface area contributed by atoms with Crippen LogP contribution in [0.3, 0.4) is 0 Å². The number of aliphatic hydroxyl groups excluding tert-OH is 1. The Bertz CT molecular complexity index is 687. The molecule has 0 bridgehead atoms. The predicted molar refractivity (Wildman–Crippen MR) is 98.8 cm³/mol. The molecule has 1 aromatic heterocycles. The van der Waals surface area contributed by atoms with Gasteiger partial charge in [-0.25, -0.2) is 4.98 Å². The van der Waals surface area contributed by atoms with Crippen LogP contribution in [0.4, 0.5) is 0 Å². The van der Waals surface area contributed by atoms with Crippen molar-refractivity contribution >= 4 is 23.3 Å². The molecule has 4 nitrogen and oxygen atoms in total. The van der Waals surface area contributed by atoms with Gasteiger partial charge in [-0.1, -0.05) is 51.1 Å². The summed E-state index contributed by atoms with van der Waals surface area (Å²) in [6.45, 7) is 7.10. The van der Waals surface area contributed by atoms with E-state index in [1.807, 2.05) is 30.3 Å². The number of benzene rings is 1. The fourth-order valence-corrected chi connectivity index (χ4v) is 3.04. The first-order valence-corrected chi connectivity index (χ1v) is 8.80.